The summed E-state index contributed by atoms with van der Waals surface area (Å²) in [5.41, 5.74) is -0.466. The van der Waals surface area contributed by atoms with E-state index in [4.69, 9.17) is 4.74 Å². The third-order valence-electron chi connectivity index (χ3n) is 4.12. The van der Waals surface area contributed by atoms with Gasteiger partial charge in [-0.15, -0.1) is 0 Å². The molecule has 1 aliphatic carbocycles. The van der Waals surface area contributed by atoms with Gasteiger partial charge in [-0.3, -0.25) is 4.79 Å². The Morgan fingerprint density at radius 3 is 2.57 bits per heavy atom. The monoisotopic (exact) mass is 355 g/mol. The fourth-order valence-electron chi connectivity index (χ4n) is 2.65. The number of carbonyl (C=O) groups excluding carboxylic acids is 1. The van der Waals surface area contributed by atoms with Gasteiger partial charge in [0, 0.05) is 4.47 Å². The van der Waals surface area contributed by atoms with E-state index in [2.05, 4.69) is 28.2 Å². The first kappa shape index (κ1) is 16.3. The van der Waals surface area contributed by atoms with Gasteiger partial charge in [-0.25, -0.2) is 0 Å². The Kier molecular flexibility index (Phi) is 5.65. The summed E-state index contributed by atoms with van der Waals surface area (Å²) in [6, 6.07) is 7.35. The minimum absolute atomic E-state index is 0.0102. The molecule has 0 aromatic heterocycles. The number of carbonyl (C=O) groups is 1. The number of nitrogens with one attached hydrogen (secondary N) is 1. The first-order chi connectivity index (χ1) is 10.0. The summed E-state index contributed by atoms with van der Waals surface area (Å²) in [6.07, 6.45) is 3.73. The lowest BCUT2D eigenvalue weighted by atomic mass is 9.77. The Labute approximate surface area is 134 Å². The molecular weight excluding hydrogens is 334 g/mol. The van der Waals surface area contributed by atoms with Crippen LogP contribution in [0.15, 0.2) is 28.7 Å². The maximum atomic E-state index is 12.0. The van der Waals surface area contributed by atoms with Crippen LogP contribution in [0.3, 0.4) is 0 Å². The molecule has 0 radical (unpaired) electrons. The largest absolute Gasteiger partial charge is 0.484 e. The van der Waals surface area contributed by atoms with E-state index < -0.39 is 5.54 Å². The van der Waals surface area contributed by atoms with Crippen LogP contribution >= 0.6 is 15.9 Å². The molecule has 2 N–H and O–H groups in total. The highest BCUT2D eigenvalue weighted by molar-refractivity contribution is 9.10. The Balaban J connectivity index is 1.84. The standard InChI is InChI=1S/C16H22BrNO3/c1-12-6-8-16(11-19,9-7-12)18-15(20)10-21-14-4-2-13(17)3-5-14/h2-5,12,19H,6-11H2,1H3,(H,18,20). The topological polar surface area (TPSA) is 58.6 Å². The van der Waals surface area contributed by atoms with E-state index in [1.807, 2.05) is 24.3 Å². The Morgan fingerprint density at radius 1 is 1.38 bits per heavy atom. The minimum Gasteiger partial charge on any atom is -0.484 e. The quantitative estimate of drug-likeness (QED) is 0.853. The highest BCUT2D eigenvalue weighted by Crippen LogP contribution is 2.31. The van der Waals surface area contributed by atoms with Crippen LogP contribution < -0.4 is 10.1 Å². The maximum absolute atomic E-state index is 12.0. The van der Waals surface area contributed by atoms with E-state index in [0.29, 0.717) is 11.7 Å². The summed E-state index contributed by atoms with van der Waals surface area (Å²) < 4.78 is 6.43. The number of hydrogen-bond acceptors (Lipinski definition) is 3. The summed E-state index contributed by atoms with van der Waals surface area (Å²) >= 11 is 3.35. The first-order valence-electron chi connectivity index (χ1n) is 7.33. The molecule has 1 saturated carbocycles. The summed E-state index contributed by atoms with van der Waals surface area (Å²) in [7, 11) is 0. The van der Waals surface area contributed by atoms with Gasteiger partial charge in [0.15, 0.2) is 6.61 Å². The van der Waals surface area contributed by atoms with Crippen LogP contribution in [-0.4, -0.2) is 29.8 Å². The van der Waals surface area contributed by atoms with Crippen molar-refractivity contribution >= 4 is 21.8 Å². The van der Waals surface area contributed by atoms with Crippen LogP contribution in [0.4, 0.5) is 0 Å². The highest BCUT2D eigenvalue weighted by Gasteiger charge is 2.34. The number of aliphatic hydroxyl groups is 1. The van der Waals surface area contributed by atoms with Gasteiger partial charge in [-0.1, -0.05) is 22.9 Å². The van der Waals surface area contributed by atoms with Gasteiger partial charge >= 0.3 is 0 Å². The molecule has 1 fully saturated rings. The van der Waals surface area contributed by atoms with E-state index in [9.17, 15) is 9.90 Å². The lowest BCUT2D eigenvalue weighted by Gasteiger charge is -2.38. The van der Waals surface area contributed by atoms with E-state index >= 15 is 0 Å². The fourth-order valence-corrected chi connectivity index (χ4v) is 2.91. The van der Waals surface area contributed by atoms with Crippen molar-refractivity contribution < 1.29 is 14.6 Å². The van der Waals surface area contributed by atoms with Crippen molar-refractivity contribution in [3.63, 3.8) is 0 Å². The average molecular weight is 356 g/mol. The number of hydrogen-bond donors (Lipinski definition) is 2. The molecule has 1 amide bonds. The molecule has 0 aliphatic heterocycles. The van der Waals surface area contributed by atoms with Crippen LogP contribution in [0.1, 0.15) is 32.6 Å². The van der Waals surface area contributed by atoms with Crippen molar-refractivity contribution in [2.75, 3.05) is 13.2 Å². The van der Waals surface area contributed by atoms with Crippen molar-refractivity contribution in [2.24, 2.45) is 5.92 Å². The minimum atomic E-state index is -0.466. The lowest BCUT2D eigenvalue weighted by molar-refractivity contribution is -0.126. The number of halogens is 1. The number of benzene rings is 1. The summed E-state index contributed by atoms with van der Waals surface area (Å²) in [5.74, 6) is 1.14. The van der Waals surface area contributed by atoms with Crippen molar-refractivity contribution in [3.8, 4) is 5.75 Å². The normalized spacial score (nSPS) is 25.4. The second-order valence-corrected chi connectivity index (χ2v) is 6.83. The predicted octanol–water partition coefficient (Wildman–Crippen LogP) is 2.89. The molecule has 1 aliphatic rings. The third kappa shape index (κ3) is 4.71. The molecule has 0 heterocycles. The Morgan fingerprint density at radius 2 is 2.00 bits per heavy atom. The first-order valence-corrected chi connectivity index (χ1v) is 8.12. The van der Waals surface area contributed by atoms with Gasteiger partial charge in [0.2, 0.25) is 0 Å². The van der Waals surface area contributed by atoms with Gasteiger partial charge in [0.1, 0.15) is 5.75 Å². The van der Waals surface area contributed by atoms with Gasteiger partial charge < -0.3 is 15.2 Å². The Hall–Kier alpha value is -1.07. The van der Waals surface area contributed by atoms with Gasteiger partial charge in [-0.2, -0.15) is 0 Å². The van der Waals surface area contributed by atoms with Crippen LogP contribution in [-0.2, 0) is 4.79 Å². The number of ether oxygens (including phenoxy) is 1. The molecule has 2 rings (SSSR count). The van der Waals surface area contributed by atoms with E-state index in [-0.39, 0.29) is 19.1 Å². The third-order valence-corrected chi connectivity index (χ3v) is 4.65. The van der Waals surface area contributed by atoms with Crippen LogP contribution in [0.5, 0.6) is 5.75 Å². The zero-order valence-corrected chi connectivity index (χ0v) is 13.9. The maximum Gasteiger partial charge on any atom is 0.258 e. The van der Waals surface area contributed by atoms with Crippen LogP contribution in [0, 0.1) is 5.92 Å². The summed E-state index contributed by atoms with van der Waals surface area (Å²) in [4.78, 5) is 12.0. The molecule has 0 bridgehead atoms. The van der Waals surface area contributed by atoms with Crippen LogP contribution in [0.25, 0.3) is 0 Å². The molecule has 1 aromatic carbocycles. The second-order valence-electron chi connectivity index (χ2n) is 5.91. The van der Waals surface area contributed by atoms with Gasteiger partial charge in [0.25, 0.3) is 5.91 Å². The van der Waals surface area contributed by atoms with Gasteiger partial charge in [0.05, 0.1) is 12.1 Å². The molecule has 4 nitrogen and oxygen atoms in total. The zero-order chi connectivity index (χ0) is 15.3. The van der Waals surface area contributed by atoms with Crippen molar-refractivity contribution in [1.29, 1.82) is 0 Å². The van der Waals surface area contributed by atoms with Crippen molar-refractivity contribution in [2.45, 2.75) is 38.1 Å². The smallest absolute Gasteiger partial charge is 0.258 e. The number of amides is 1. The average Bonchev–Trinajstić information content (AvgIpc) is 2.49. The van der Waals surface area contributed by atoms with Crippen LogP contribution in [0.2, 0.25) is 0 Å². The van der Waals surface area contributed by atoms with Crippen molar-refractivity contribution in [1.82, 2.24) is 5.32 Å². The molecule has 0 saturated heterocycles. The highest BCUT2D eigenvalue weighted by atomic mass is 79.9. The lowest BCUT2D eigenvalue weighted by Crippen LogP contribution is -2.54. The van der Waals surface area contributed by atoms with E-state index in [1.165, 1.54) is 0 Å². The molecule has 0 unspecified atom stereocenters. The van der Waals surface area contributed by atoms with E-state index in [1.54, 1.807) is 0 Å². The molecule has 1 aromatic rings. The molecule has 5 heteroatoms. The zero-order valence-electron chi connectivity index (χ0n) is 12.3. The second kappa shape index (κ2) is 7.27. The SMILES string of the molecule is CC1CCC(CO)(NC(=O)COc2ccc(Br)cc2)CC1. The molecule has 21 heavy (non-hydrogen) atoms. The molecule has 0 spiro atoms. The number of rotatable bonds is 5. The molecular formula is C16H22BrNO3. The summed E-state index contributed by atoms with van der Waals surface area (Å²) in [6.45, 7) is 2.17. The summed E-state index contributed by atoms with van der Waals surface area (Å²) in [5, 5.41) is 12.6. The Bertz CT molecular complexity index is 467. The number of aliphatic hydroxyl groups excluding tert-OH is 1. The van der Waals surface area contributed by atoms with Gasteiger partial charge in [-0.05, 0) is 55.9 Å². The fraction of sp³-hybridized carbons (Fsp3) is 0.562. The van der Waals surface area contributed by atoms with E-state index in [0.717, 1.165) is 30.2 Å². The van der Waals surface area contributed by atoms with Crippen molar-refractivity contribution in [3.05, 3.63) is 28.7 Å². The predicted molar refractivity (Wildman–Crippen MR) is 85.2 cm³/mol. The molecule has 116 valence electrons. The molecule has 0 atom stereocenters.